The third kappa shape index (κ3) is 6.52. The molecule has 1 aliphatic rings. The summed E-state index contributed by atoms with van der Waals surface area (Å²) in [7, 11) is -3.63. The maximum absolute atomic E-state index is 12.5. The van der Waals surface area contributed by atoms with Gasteiger partial charge in [-0.05, 0) is 61.9 Å². The molecule has 1 saturated heterocycles. The van der Waals surface area contributed by atoms with Crippen LogP contribution in [0.15, 0.2) is 46.7 Å². The minimum absolute atomic E-state index is 0.0412. The normalized spacial score (nSPS) is 14.9. The van der Waals surface area contributed by atoms with Gasteiger partial charge in [-0.15, -0.1) is 11.3 Å². The number of sulfonamides is 1. The molecule has 8 nitrogen and oxygen atoms in total. The number of benzene rings is 1. The number of carbonyl (C=O) groups is 2. The third-order valence-electron chi connectivity index (χ3n) is 5.03. The summed E-state index contributed by atoms with van der Waals surface area (Å²) in [6.07, 6.45) is 1.59. The van der Waals surface area contributed by atoms with Crippen LogP contribution in [0.1, 0.15) is 35.0 Å². The van der Waals surface area contributed by atoms with Gasteiger partial charge in [-0.1, -0.05) is 6.07 Å². The minimum atomic E-state index is -3.63. The molecule has 2 amide bonds. The molecule has 0 atom stereocenters. The van der Waals surface area contributed by atoms with E-state index in [0.29, 0.717) is 51.1 Å². The van der Waals surface area contributed by atoms with Crippen LogP contribution in [0.3, 0.4) is 0 Å². The highest BCUT2D eigenvalue weighted by molar-refractivity contribution is 7.89. The van der Waals surface area contributed by atoms with Gasteiger partial charge < -0.3 is 15.0 Å². The molecule has 10 heteroatoms. The zero-order valence-electron chi connectivity index (χ0n) is 17.4. The van der Waals surface area contributed by atoms with E-state index in [4.69, 9.17) is 4.74 Å². The Morgan fingerprint density at radius 3 is 2.48 bits per heavy atom. The van der Waals surface area contributed by atoms with Crippen LogP contribution in [-0.2, 0) is 21.2 Å². The number of rotatable bonds is 8. The fourth-order valence-electron chi connectivity index (χ4n) is 3.32. The Balaban J connectivity index is 1.49. The Bertz CT molecular complexity index is 967. The van der Waals surface area contributed by atoms with Gasteiger partial charge in [-0.25, -0.2) is 17.9 Å². The van der Waals surface area contributed by atoms with Crippen LogP contribution < -0.4 is 10.0 Å². The number of hydrogen-bond acceptors (Lipinski definition) is 6. The van der Waals surface area contributed by atoms with Gasteiger partial charge in [0.15, 0.2) is 0 Å². The van der Waals surface area contributed by atoms with Crippen LogP contribution >= 0.6 is 11.3 Å². The van der Waals surface area contributed by atoms with Crippen molar-refractivity contribution in [3.05, 3.63) is 52.2 Å². The molecule has 0 saturated carbocycles. The van der Waals surface area contributed by atoms with E-state index in [1.165, 1.54) is 24.3 Å². The first kappa shape index (κ1) is 23.2. The minimum Gasteiger partial charge on any atom is -0.450 e. The zero-order chi connectivity index (χ0) is 22.3. The lowest BCUT2D eigenvalue weighted by Crippen LogP contribution is -2.46. The lowest BCUT2D eigenvalue weighted by Gasteiger charge is -2.31. The van der Waals surface area contributed by atoms with Crippen LogP contribution in [-0.4, -0.2) is 57.6 Å². The second-order valence-electron chi connectivity index (χ2n) is 7.19. The van der Waals surface area contributed by atoms with Crippen LogP contribution in [0, 0.1) is 0 Å². The first-order valence-electron chi connectivity index (χ1n) is 10.2. The van der Waals surface area contributed by atoms with Crippen molar-refractivity contribution in [3.8, 4) is 0 Å². The van der Waals surface area contributed by atoms with Crippen molar-refractivity contribution in [1.82, 2.24) is 14.9 Å². The molecule has 0 radical (unpaired) electrons. The lowest BCUT2D eigenvalue weighted by atomic mass is 10.0. The van der Waals surface area contributed by atoms with Gasteiger partial charge in [0.2, 0.25) is 10.0 Å². The van der Waals surface area contributed by atoms with Crippen molar-refractivity contribution in [2.24, 2.45) is 0 Å². The van der Waals surface area contributed by atoms with Gasteiger partial charge in [0.1, 0.15) is 0 Å². The first-order chi connectivity index (χ1) is 14.9. The van der Waals surface area contributed by atoms with Crippen LogP contribution in [0.4, 0.5) is 4.79 Å². The monoisotopic (exact) mass is 465 g/mol. The Morgan fingerprint density at radius 1 is 1.16 bits per heavy atom. The Kier molecular flexibility index (Phi) is 8.05. The molecule has 1 aromatic carbocycles. The Morgan fingerprint density at radius 2 is 1.87 bits per heavy atom. The highest BCUT2D eigenvalue weighted by atomic mass is 32.2. The molecule has 0 spiro atoms. The van der Waals surface area contributed by atoms with E-state index in [-0.39, 0.29) is 22.9 Å². The van der Waals surface area contributed by atoms with E-state index >= 15 is 0 Å². The fraction of sp³-hybridized carbons (Fsp3) is 0.429. The molecule has 2 N–H and O–H groups in total. The maximum Gasteiger partial charge on any atom is 0.409 e. The number of hydrogen-bond donors (Lipinski definition) is 2. The molecule has 0 unspecified atom stereocenters. The van der Waals surface area contributed by atoms with Gasteiger partial charge in [-0.2, -0.15) is 0 Å². The third-order valence-corrected chi connectivity index (χ3v) is 7.44. The quantitative estimate of drug-likeness (QED) is 0.624. The number of thiophene rings is 1. The van der Waals surface area contributed by atoms with Crippen molar-refractivity contribution in [3.63, 3.8) is 0 Å². The Labute approximate surface area is 186 Å². The average molecular weight is 466 g/mol. The number of piperidine rings is 1. The topological polar surface area (TPSA) is 105 Å². The van der Waals surface area contributed by atoms with Gasteiger partial charge in [0.25, 0.3) is 5.91 Å². The molecule has 0 aliphatic carbocycles. The number of likely N-dealkylation sites (tertiary alicyclic amines) is 1. The molecule has 2 aromatic rings. The van der Waals surface area contributed by atoms with Crippen molar-refractivity contribution < 1.29 is 22.7 Å². The summed E-state index contributed by atoms with van der Waals surface area (Å²) < 4.78 is 32.5. The molecular weight excluding hydrogens is 438 g/mol. The smallest absolute Gasteiger partial charge is 0.409 e. The maximum atomic E-state index is 12.5. The lowest BCUT2D eigenvalue weighted by molar-refractivity contribution is 0.0860. The largest absolute Gasteiger partial charge is 0.450 e. The molecule has 31 heavy (non-hydrogen) atoms. The average Bonchev–Trinajstić information content (AvgIpc) is 3.28. The summed E-state index contributed by atoms with van der Waals surface area (Å²) in [5.74, 6) is -0.260. The molecule has 168 valence electrons. The molecule has 3 rings (SSSR count). The number of carbonyl (C=O) groups excluding carboxylic acids is 2. The predicted octanol–water partition coefficient (Wildman–Crippen LogP) is 2.62. The Hall–Kier alpha value is -2.43. The van der Waals surface area contributed by atoms with E-state index < -0.39 is 10.0 Å². The number of nitrogens with zero attached hydrogens (tertiary/aromatic N) is 1. The molecule has 1 fully saturated rings. The molecule has 1 aromatic heterocycles. The fourth-order valence-corrected chi connectivity index (χ4v) is 5.06. The van der Waals surface area contributed by atoms with Gasteiger partial charge in [0, 0.05) is 36.1 Å². The van der Waals surface area contributed by atoms with Crippen molar-refractivity contribution in [1.29, 1.82) is 0 Å². The molecular formula is C21H27N3O5S2. The number of amides is 2. The second kappa shape index (κ2) is 10.7. The van der Waals surface area contributed by atoms with Crippen LogP contribution in [0.25, 0.3) is 0 Å². The molecule has 0 bridgehead atoms. The van der Waals surface area contributed by atoms with Crippen LogP contribution in [0.5, 0.6) is 0 Å². The first-order valence-corrected chi connectivity index (χ1v) is 12.6. The highest BCUT2D eigenvalue weighted by Crippen LogP contribution is 2.15. The van der Waals surface area contributed by atoms with Gasteiger partial charge in [-0.3, -0.25) is 4.79 Å². The summed E-state index contributed by atoms with van der Waals surface area (Å²) >= 11 is 1.59. The SMILES string of the molecule is CCOC(=O)N1CCC(NC(=O)c2ccc(S(=O)(=O)NCCc3cccs3)cc2)CC1. The van der Waals surface area contributed by atoms with Crippen LogP contribution in [0.2, 0.25) is 0 Å². The van der Waals surface area contributed by atoms with Crippen molar-refractivity contribution in [2.45, 2.75) is 37.1 Å². The predicted molar refractivity (Wildman–Crippen MR) is 119 cm³/mol. The number of nitrogens with one attached hydrogen (secondary N) is 2. The highest BCUT2D eigenvalue weighted by Gasteiger charge is 2.25. The summed E-state index contributed by atoms with van der Waals surface area (Å²) in [5.41, 5.74) is 0.394. The van der Waals surface area contributed by atoms with Crippen molar-refractivity contribution >= 4 is 33.4 Å². The van der Waals surface area contributed by atoms with Gasteiger partial charge >= 0.3 is 6.09 Å². The van der Waals surface area contributed by atoms with E-state index in [1.807, 2.05) is 17.5 Å². The van der Waals surface area contributed by atoms with Gasteiger partial charge in [0.05, 0.1) is 11.5 Å². The standard InChI is InChI=1S/C21H27N3O5S2/c1-2-29-21(26)24-13-10-17(11-14-24)23-20(25)16-5-7-19(8-6-16)31(27,28)22-12-9-18-4-3-15-30-18/h3-8,15,17,22H,2,9-14H2,1H3,(H,23,25). The molecule has 1 aliphatic heterocycles. The van der Waals surface area contributed by atoms with Crippen molar-refractivity contribution in [2.75, 3.05) is 26.2 Å². The van der Waals surface area contributed by atoms with E-state index in [1.54, 1.807) is 23.2 Å². The summed E-state index contributed by atoms with van der Waals surface area (Å²) in [5, 5.41) is 4.91. The zero-order valence-corrected chi connectivity index (χ0v) is 19.0. The van der Waals surface area contributed by atoms with E-state index in [2.05, 4.69) is 10.0 Å². The summed E-state index contributed by atoms with van der Waals surface area (Å²) in [6.45, 7) is 3.47. The number of ether oxygens (including phenoxy) is 1. The molecule has 2 heterocycles. The van der Waals surface area contributed by atoms with E-state index in [9.17, 15) is 18.0 Å². The second-order valence-corrected chi connectivity index (χ2v) is 9.98. The summed E-state index contributed by atoms with van der Waals surface area (Å²) in [4.78, 5) is 27.1. The summed E-state index contributed by atoms with van der Waals surface area (Å²) in [6, 6.07) is 9.75. The van der Waals surface area contributed by atoms with E-state index in [0.717, 1.165) is 4.88 Å².